The second-order valence-electron chi connectivity index (χ2n) is 6.29. The Labute approximate surface area is 142 Å². The van der Waals surface area contributed by atoms with Gasteiger partial charge in [-0.3, -0.25) is 0 Å². The third-order valence-corrected chi connectivity index (χ3v) is 4.30. The third-order valence-electron chi connectivity index (χ3n) is 4.30. The quantitative estimate of drug-likeness (QED) is 0.445. The first-order valence-electron chi connectivity index (χ1n) is 8.77. The molecule has 0 saturated carbocycles. The molecule has 0 unspecified atom stereocenters. The van der Waals surface area contributed by atoms with Crippen molar-refractivity contribution in [3.8, 4) is 11.1 Å². The second kappa shape index (κ2) is 8.91. The van der Waals surface area contributed by atoms with Crippen LogP contribution in [0.2, 0.25) is 0 Å². The minimum Gasteiger partial charge on any atom is -0.166 e. The van der Waals surface area contributed by atoms with Gasteiger partial charge in [0.2, 0.25) is 0 Å². The van der Waals surface area contributed by atoms with E-state index in [1.807, 2.05) is 24.3 Å². The van der Waals surface area contributed by atoms with E-state index in [1.54, 1.807) is 6.07 Å². The van der Waals surface area contributed by atoms with Crippen LogP contribution in [0.4, 0.5) is 13.2 Å². The molecule has 2 rings (SSSR count). The summed E-state index contributed by atoms with van der Waals surface area (Å²) in [5.41, 5.74) is 2.08. The molecular weight excluding hydrogens is 309 g/mol. The van der Waals surface area contributed by atoms with Crippen LogP contribution in [0.3, 0.4) is 0 Å². The van der Waals surface area contributed by atoms with Gasteiger partial charge in [-0.25, -0.2) is 0 Å². The van der Waals surface area contributed by atoms with E-state index >= 15 is 0 Å². The highest BCUT2D eigenvalue weighted by Gasteiger charge is 2.30. The molecule has 0 nitrogen and oxygen atoms in total. The average molecular weight is 334 g/mol. The maximum atomic E-state index is 12.8. The molecule has 0 bridgehead atoms. The van der Waals surface area contributed by atoms with Crippen LogP contribution in [-0.2, 0) is 12.6 Å². The van der Waals surface area contributed by atoms with E-state index in [1.165, 1.54) is 56.2 Å². The predicted octanol–water partition coefficient (Wildman–Crippen LogP) is 7.28. The molecule has 0 heterocycles. The minimum atomic E-state index is -4.30. The third kappa shape index (κ3) is 5.70. The van der Waals surface area contributed by atoms with E-state index < -0.39 is 11.7 Å². The molecule has 0 radical (unpaired) electrons. The summed E-state index contributed by atoms with van der Waals surface area (Å²) in [7, 11) is 0. The zero-order valence-corrected chi connectivity index (χ0v) is 14.2. The normalized spacial score (nSPS) is 11.7. The molecule has 130 valence electrons. The molecule has 0 N–H and O–H groups in total. The van der Waals surface area contributed by atoms with E-state index in [-0.39, 0.29) is 0 Å². The number of aryl methyl sites for hydroxylation is 1. The van der Waals surface area contributed by atoms with Crippen molar-refractivity contribution in [1.29, 1.82) is 0 Å². The van der Waals surface area contributed by atoms with Crippen molar-refractivity contribution in [2.24, 2.45) is 0 Å². The molecule has 0 spiro atoms. The maximum absolute atomic E-state index is 12.8. The predicted molar refractivity (Wildman–Crippen MR) is 94.0 cm³/mol. The number of hydrogen-bond acceptors (Lipinski definition) is 0. The van der Waals surface area contributed by atoms with Crippen molar-refractivity contribution in [3.05, 3.63) is 59.7 Å². The van der Waals surface area contributed by atoms with Crippen LogP contribution in [0.15, 0.2) is 48.5 Å². The lowest BCUT2D eigenvalue weighted by molar-refractivity contribution is -0.137. The smallest absolute Gasteiger partial charge is 0.166 e. The standard InChI is InChI=1S/C21H25F3/c1-2-3-4-5-6-7-9-17-12-14-18(15-13-17)19-10-8-11-20(16-19)21(22,23)24/h8,10-16H,2-7,9H2,1H3. The second-order valence-corrected chi connectivity index (χ2v) is 6.29. The zero-order chi connectivity index (χ0) is 17.4. The largest absolute Gasteiger partial charge is 0.416 e. The summed E-state index contributed by atoms with van der Waals surface area (Å²) >= 11 is 0. The number of benzene rings is 2. The van der Waals surface area contributed by atoms with Crippen LogP contribution in [0, 0.1) is 0 Å². The van der Waals surface area contributed by atoms with Gasteiger partial charge in [-0.2, -0.15) is 13.2 Å². The first kappa shape index (κ1) is 18.6. The van der Waals surface area contributed by atoms with Crippen LogP contribution in [-0.4, -0.2) is 0 Å². The average Bonchev–Trinajstić information content (AvgIpc) is 2.58. The van der Waals surface area contributed by atoms with Crippen molar-refractivity contribution < 1.29 is 13.2 Å². The Bertz CT molecular complexity index is 612. The Hall–Kier alpha value is -1.77. The number of halogens is 3. The van der Waals surface area contributed by atoms with Crippen molar-refractivity contribution in [1.82, 2.24) is 0 Å². The van der Waals surface area contributed by atoms with E-state index in [4.69, 9.17) is 0 Å². The monoisotopic (exact) mass is 334 g/mol. The van der Waals surface area contributed by atoms with Crippen LogP contribution >= 0.6 is 0 Å². The summed E-state index contributed by atoms with van der Waals surface area (Å²) in [6.07, 6.45) is 4.33. The van der Waals surface area contributed by atoms with Crippen molar-refractivity contribution >= 4 is 0 Å². The lowest BCUT2D eigenvalue weighted by Crippen LogP contribution is -2.04. The van der Waals surface area contributed by atoms with Crippen molar-refractivity contribution in [2.45, 2.75) is 58.0 Å². The zero-order valence-electron chi connectivity index (χ0n) is 14.2. The molecular formula is C21H25F3. The fraction of sp³-hybridized carbons (Fsp3) is 0.429. The highest BCUT2D eigenvalue weighted by atomic mass is 19.4. The van der Waals surface area contributed by atoms with Gasteiger partial charge in [-0.1, -0.05) is 75.4 Å². The van der Waals surface area contributed by atoms with Crippen LogP contribution in [0.1, 0.15) is 56.6 Å². The fourth-order valence-corrected chi connectivity index (χ4v) is 2.85. The van der Waals surface area contributed by atoms with Gasteiger partial charge >= 0.3 is 6.18 Å². The number of hydrogen-bond donors (Lipinski definition) is 0. The van der Waals surface area contributed by atoms with Gasteiger partial charge in [0.1, 0.15) is 0 Å². The summed E-state index contributed by atoms with van der Waals surface area (Å²) in [5, 5.41) is 0. The van der Waals surface area contributed by atoms with Gasteiger partial charge in [-0.05, 0) is 41.7 Å². The van der Waals surface area contributed by atoms with Crippen LogP contribution < -0.4 is 0 Å². The van der Waals surface area contributed by atoms with Crippen LogP contribution in [0.5, 0.6) is 0 Å². The van der Waals surface area contributed by atoms with E-state index in [9.17, 15) is 13.2 Å². The van der Waals surface area contributed by atoms with E-state index in [0.717, 1.165) is 18.1 Å². The topological polar surface area (TPSA) is 0 Å². The Morgan fingerprint density at radius 2 is 1.42 bits per heavy atom. The summed E-state index contributed by atoms with van der Waals surface area (Å²) < 4.78 is 38.4. The SMILES string of the molecule is CCCCCCCCc1ccc(-c2cccc(C(F)(F)F)c2)cc1. The Balaban J connectivity index is 1.92. The summed E-state index contributed by atoms with van der Waals surface area (Å²) in [6, 6.07) is 13.4. The molecule has 0 aliphatic carbocycles. The molecule has 0 amide bonds. The summed E-state index contributed by atoms with van der Waals surface area (Å²) in [6.45, 7) is 2.21. The number of rotatable bonds is 8. The Morgan fingerprint density at radius 1 is 0.750 bits per heavy atom. The van der Waals surface area contributed by atoms with Crippen molar-refractivity contribution in [2.75, 3.05) is 0 Å². The van der Waals surface area contributed by atoms with E-state index in [0.29, 0.717) is 5.56 Å². The summed E-state index contributed by atoms with van der Waals surface area (Å²) in [5.74, 6) is 0. The van der Waals surface area contributed by atoms with Gasteiger partial charge < -0.3 is 0 Å². The molecule has 0 aliphatic heterocycles. The van der Waals surface area contributed by atoms with Gasteiger partial charge in [0.25, 0.3) is 0 Å². The molecule has 0 fully saturated rings. The van der Waals surface area contributed by atoms with Crippen LogP contribution in [0.25, 0.3) is 11.1 Å². The molecule has 24 heavy (non-hydrogen) atoms. The fourth-order valence-electron chi connectivity index (χ4n) is 2.85. The van der Waals surface area contributed by atoms with Gasteiger partial charge in [-0.15, -0.1) is 0 Å². The van der Waals surface area contributed by atoms with Gasteiger partial charge in [0.15, 0.2) is 0 Å². The highest BCUT2D eigenvalue weighted by molar-refractivity contribution is 5.64. The van der Waals surface area contributed by atoms with E-state index in [2.05, 4.69) is 6.92 Å². The first-order chi connectivity index (χ1) is 11.5. The molecule has 0 aromatic heterocycles. The van der Waals surface area contributed by atoms with Crippen molar-refractivity contribution in [3.63, 3.8) is 0 Å². The van der Waals surface area contributed by atoms with Gasteiger partial charge in [0.05, 0.1) is 5.56 Å². The first-order valence-corrected chi connectivity index (χ1v) is 8.77. The highest BCUT2D eigenvalue weighted by Crippen LogP contribution is 2.32. The molecule has 0 atom stereocenters. The summed E-state index contributed by atoms with van der Waals surface area (Å²) in [4.78, 5) is 0. The molecule has 0 saturated heterocycles. The molecule has 2 aromatic rings. The number of unbranched alkanes of at least 4 members (excludes halogenated alkanes) is 5. The maximum Gasteiger partial charge on any atom is 0.416 e. The number of alkyl halides is 3. The molecule has 2 aromatic carbocycles. The molecule has 3 heteroatoms. The van der Waals surface area contributed by atoms with Gasteiger partial charge in [0, 0.05) is 0 Å². The lowest BCUT2D eigenvalue weighted by atomic mass is 9.99. The Kier molecular flexibility index (Phi) is 6.89. The lowest BCUT2D eigenvalue weighted by Gasteiger charge is -2.09. The molecule has 0 aliphatic rings. The minimum absolute atomic E-state index is 0.601. The Morgan fingerprint density at radius 3 is 2.08 bits per heavy atom.